The third-order valence-corrected chi connectivity index (χ3v) is 4.09. The number of fused-ring (bicyclic) bond motifs is 5. The van der Waals surface area contributed by atoms with Gasteiger partial charge in [0.15, 0.2) is 0 Å². The Bertz CT molecular complexity index is 380. The van der Waals surface area contributed by atoms with E-state index in [1.807, 2.05) is 19.1 Å². The van der Waals surface area contributed by atoms with Crippen molar-refractivity contribution >= 4 is 11.8 Å². The zero-order valence-electron chi connectivity index (χ0n) is 9.30. The van der Waals surface area contributed by atoms with Crippen LogP contribution in [0.2, 0.25) is 0 Å². The first-order chi connectivity index (χ1) is 7.74. The lowest BCUT2D eigenvalue weighted by molar-refractivity contribution is -0.140. The summed E-state index contributed by atoms with van der Waals surface area (Å²) in [5.41, 5.74) is 0. The highest BCUT2D eigenvalue weighted by Gasteiger charge is 2.58. The van der Waals surface area contributed by atoms with Gasteiger partial charge in [0.1, 0.15) is 0 Å². The number of amides is 2. The largest absolute Gasteiger partial charge is 0.278 e. The van der Waals surface area contributed by atoms with Crippen LogP contribution in [0.3, 0.4) is 0 Å². The minimum atomic E-state index is -0.0484. The van der Waals surface area contributed by atoms with Crippen LogP contribution < -0.4 is 0 Å². The Morgan fingerprint density at radius 2 is 1.81 bits per heavy atom. The van der Waals surface area contributed by atoms with Gasteiger partial charge in [-0.1, -0.05) is 24.3 Å². The molecular weight excluding hydrogens is 202 g/mol. The lowest BCUT2D eigenvalue weighted by Crippen LogP contribution is -2.33. The maximum absolute atomic E-state index is 12.1. The number of allylic oxidation sites excluding steroid dienone is 3. The van der Waals surface area contributed by atoms with E-state index in [1.165, 1.54) is 4.90 Å². The molecule has 3 nitrogen and oxygen atoms in total. The van der Waals surface area contributed by atoms with Crippen LogP contribution >= 0.6 is 0 Å². The fraction of sp³-hybridized carbons (Fsp3) is 0.538. The molecule has 1 aliphatic heterocycles. The first kappa shape index (κ1) is 9.82. The second-order valence-corrected chi connectivity index (χ2v) is 4.86. The van der Waals surface area contributed by atoms with Gasteiger partial charge in [0.2, 0.25) is 11.8 Å². The van der Waals surface area contributed by atoms with E-state index in [2.05, 4.69) is 12.2 Å². The molecule has 2 aliphatic carbocycles. The topological polar surface area (TPSA) is 37.4 Å². The van der Waals surface area contributed by atoms with Crippen LogP contribution in [0.15, 0.2) is 24.3 Å². The summed E-state index contributed by atoms with van der Waals surface area (Å²) in [5.74, 6) is 0.638. The molecule has 0 spiro atoms. The average molecular weight is 217 g/mol. The van der Waals surface area contributed by atoms with Crippen molar-refractivity contribution in [3.05, 3.63) is 24.3 Å². The Morgan fingerprint density at radius 1 is 1.25 bits per heavy atom. The molecule has 1 saturated heterocycles. The molecule has 0 aromatic heterocycles. The van der Waals surface area contributed by atoms with Crippen LogP contribution in [0.1, 0.15) is 13.3 Å². The van der Waals surface area contributed by atoms with E-state index in [9.17, 15) is 9.59 Å². The lowest BCUT2D eigenvalue weighted by atomic mass is 9.85. The minimum Gasteiger partial charge on any atom is -0.278 e. The Labute approximate surface area is 94.8 Å². The number of carbonyl (C=O) groups excluding carboxylic acids is 2. The third kappa shape index (κ3) is 1.09. The molecule has 0 aromatic carbocycles. The van der Waals surface area contributed by atoms with Crippen molar-refractivity contribution in [3.8, 4) is 0 Å². The number of nitrogens with zero attached hydrogens (tertiary/aromatic N) is 1. The van der Waals surface area contributed by atoms with Crippen molar-refractivity contribution in [1.82, 2.24) is 4.90 Å². The molecule has 0 aromatic rings. The van der Waals surface area contributed by atoms with Crippen molar-refractivity contribution in [2.75, 3.05) is 6.54 Å². The quantitative estimate of drug-likeness (QED) is 0.517. The van der Waals surface area contributed by atoms with Gasteiger partial charge in [-0.25, -0.2) is 0 Å². The molecule has 0 N–H and O–H groups in total. The van der Waals surface area contributed by atoms with Gasteiger partial charge in [-0.3, -0.25) is 14.5 Å². The van der Waals surface area contributed by atoms with Gasteiger partial charge in [0.25, 0.3) is 0 Å². The maximum atomic E-state index is 12.1. The second-order valence-electron chi connectivity index (χ2n) is 4.86. The molecule has 4 unspecified atom stereocenters. The molecule has 0 radical (unpaired) electrons. The van der Waals surface area contributed by atoms with Crippen LogP contribution in [-0.2, 0) is 9.59 Å². The second kappa shape index (κ2) is 3.30. The summed E-state index contributed by atoms with van der Waals surface area (Å²) >= 11 is 0. The van der Waals surface area contributed by atoms with E-state index >= 15 is 0 Å². The molecule has 1 saturated carbocycles. The Kier molecular flexibility index (Phi) is 2.03. The first-order valence-corrected chi connectivity index (χ1v) is 5.88. The minimum absolute atomic E-state index is 0.0463. The molecule has 16 heavy (non-hydrogen) atoms. The first-order valence-electron chi connectivity index (χ1n) is 5.88. The van der Waals surface area contributed by atoms with Crippen molar-refractivity contribution in [2.24, 2.45) is 23.7 Å². The molecule has 2 amide bonds. The molecule has 3 heteroatoms. The molecule has 1 heterocycles. The number of likely N-dealkylation sites (tertiary alicyclic amines) is 1. The van der Waals surface area contributed by atoms with E-state index in [0.29, 0.717) is 18.4 Å². The van der Waals surface area contributed by atoms with E-state index in [1.54, 1.807) is 0 Å². The highest BCUT2D eigenvalue weighted by Crippen LogP contribution is 2.52. The molecule has 3 aliphatic rings. The standard InChI is InChI=1S/C13H15NO2/c1-2-3-6-14-12(15)10-8-4-5-9(7-8)11(10)13(14)16/h2-5,8-11H,6-7H2,1H3. The predicted octanol–water partition coefficient (Wildman–Crippen LogP) is 1.37. The van der Waals surface area contributed by atoms with Crippen molar-refractivity contribution in [3.63, 3.8) is 0 Å². The highest BCUT2D eigenvalue weighted by atomic mass is 16.2. The normalized spacial score (nSPS) is 40.4. The zero-order chi connectivity index (χ0) is 11.3. The molecule has 2 fully saturated rings. The predicted molar refractivity (Wildman–Crippen MR) is 59.3 cm³/mol. The Morgan fingerprint density at radius 3 is 2.31 bits per heavy atom. The fourth-order valence-corrected chi connectivity index (χ4v) is 3.35. The van der Waals surface area contributed by atoms with Gasteiger partial charge >= 0.3 is 0 Å². The molecule has 4 atom stereocenters. The van der Waals surface area contributed by atoms with Gasteiger partial charge in [0, 0.05) is 6.54 Å². The van der Waals surface area contributed by atoms with Crippen LogP contribution in [0.4, 0.5) is 0 Å². The summed E-state index contributed by atoms with van der Waals surface area (Å²) < 4.78 is 0. The number of carbonyl (C=O) groups is 2. The number of hydrogen-bond donors (Lipinski definition) is 0. The summed E-state index contributed by atoms with van der Waals surface area (Å²) in [7, 11) is 0. The SMILES string of the molecule is CC=CCN1C(=O)C2C3C=CC(C3)C2C1=O. The lowest BCUT2D eigenvalue weighted by Gasteiger charge is -2.14. The summed E-state index contributed by atoms with van der Waals surface area (Å²) in [6.07, 6.45) is 8.99. The van der Waals surface area contributed by atoms with Crippen LogP contribution in [0.25, 0.3) is 0 Å². The molecule has 84 valence electrons. The van der Waals surface area contributed by atoms with E-state index < -0.39 is 0 Å². The monoisotopic (exact) mass is 217 g/mol. The Balaban J connectivity index is 1.89. The average Bonchev–Trinajstić information content (AvgIpc) is 2.92. The van der Waals surface area contributed by atoms with Gasteiger partial charge in [-0.05, 0) is 25.2 Å². The van der Waals surface area contributed by atoms with Gasteiger partial charge in [-0.2, -0.15) is 0 Å². The molecule has 3 rings (SSSR count). The van der Waals surface area contributed by atoms with Crippen LogP contribution in [0, 0.1) is 23.7 Å². The number of hydrogen-bond acceptors (Lipinski definition) is 2. The summed E-state index contributed by atoms with van der Waals surface area (Å²) in [5, 5.41) is 0. The fourth-order valence-electron chi connectivity index (χ4n) is 3.35. The summed E-state index contributed by atoms with van der Waals surface area (Å²) in [4.78, 5) is 25.7. The molecule has 2 bridgehead atoms. The highest BCUT2D eigenvalue weighted by molar-refractivity contribution is 6.06. The van der Waals surface area contributed by atoms with Crippen LogP contribution in [0.5, 0.6) is 0 Å². The van der Waals surface area contributed by atoms with Crippen molar-refractivity contribution in [1.29, 1.82) is 0 Å². The third-order valence-electron chi connectivity index (χ3n) is 4.09. The van der Waals surface area contributed by atoms with E-state index in [0.717, 1.165) is 6.42 Å². The maximum Gasteiger partial charge on any atom is 0.234 e. The van der Waals surface area contributed by atoms with Crippen molar-refractivity contribution in [2.45, 2.75) is 13.3 Å². The number of imide groups is 1. The number of rotatable bonds is 2. The van der Waals surface area contributed by atoms with Gasteiger partial charge < -0.3 is 0 Å². The Hall–Kier alpha value is -1.38. The zero-order valence-corrected chi connectivity index (χ0v) is 9.30. The molecular formula is C13H15NO2. The smallest absolute Gasteiger partial charge is 0.234 e. The van der Waals surface area contributed by atoms with Gasteiger partial charge in [-0.15, -0.1) is 0 Å². The van der Waals surface area contributed by atoms with Crippen molar-refractivity contribution < 1.29 is 9.59 Å². The summed E-state index contributed by atoms with van der Waals surface area (Å²) in [6, 6.07) is 0. The summed E-state index contributed by atoms with van der Waals surface area (Å²) in [6.45, 7) is 2.34. The van der Waals surface area contributed by atoms with E-state index in [-0.39, 0.29) is 23.7 Å². The van der Waals surface area contributed by atoms with Gasteiger partial charge in [0.05, 0.1) is 11.8 Å². The van der Waals surface area contributed by atoms with E-state index in [4.69, 9.17) is 0 Å². The van der Waals surface area contributed by atoms with Crippen LogP contribution in [-0.4, -0.2) is 23.3 Å².